The number of benzene rings is 2. The number of hydrogen-bond acceptors (Lipinski definition) is 2. The molecule has 3 heteroatoms. The summed E-state index contributed by atoms with van der Waals surface area (Å²) in [4.78, 5) is 2.53. The molecule has 0 atom stereocenters. The van der Waals surface area contributed by atoms with Gasteiger partial charge in [-0.15, -0.1) is 11.3 Å². The average Bonchev–Trinajstić information content (AvgIpc) is 2.99. The van der Waals surface area contributed by atoms with Gasteiger partial charge in [0.2, 0.25) is 0 Å². The van der Waals surface area contributed by atoms with Gasteiger partial charge in [0.25, 0.3) is 0 Å². The van der Waals surface area contributed by atoms with Crippen molar-refractivity contribution in [3.8, 4) is 16.2 Å². The Hall–Kier alpha value is -1.77. The molecule has 0 radical (unpaired) electrons. The van der Waals surface area contributed by atoms with Crippen LogP contribution in [-0.2, 0) is 6.42 Å². The number of hydrogen-bond donors (Lipinski definition) is 0. The summed E-state index contributed by atoms with van der Waals surface area (Å²) in [5.74, 6) is 0.941. The lowest BCUT2D eigenvalue weighted by molar-refractivity contribution is 0.341. The molecule has 0 aliphatic rings. The molecule has 0 N–H and O–H groups in total. The van der Waals surface area contributed by atoms with Gasteiger partial charge in [0.05, 0.1) is 6.61 Å². The Kier molecular flexibility index (Phi) is 4.81. The molecule has 112 valence electrons. The van der Waals surface area contributed by atoms with Crippen LogP contribution in [0.15, 0.2) is 60.7 Å². The Morgan fingerprint density at radius 2 is 1.73 bits per heavy atom. The zero-order valence-electron chi connectivity index (χ0n) is 12.4. The van der Waals surface area contributed by atoms with Crippen molar-refractivity contribution in [3.63, 3.8) is 0 Å². The number of para-hydroxylation sites is 1. The minimum absolute atomic E-state index is 0.675. The lowest BCUT2D eigenvalue weighted by Gasteiger charge is -2.08. The first-order valence-electron chi connectivity index (χ1n) is 7.32. The average molecular weight is 329 g/mol. The van der Waals surface area contributed by atoms with Crippen LogP contribution in [-0.4, -0.2) is 6.61 Å². The Balaban J connectivity index is 1.87. The van der Waals surface area contributed by atoms with E-state index < -0.39 is 0 Å². The van der Waals surface area contributed by atoms with Crippen LogP contribution in [0.2, 0.25) is 5.02 Å². The summed E-state index contributed by atoms with van der Waals surface area (Å²) in [6.45, 7) is 2.68. The predicted octanol–water partition coefficient (Wildman–Crippen LogP) is 6.06. The summed E-state index contributed by atoms with van der Waals surface area (Å²) in [6.07, 6.45) is 0.862. The molecule has 0 aliphatic heterocycles. The maximum Gasteiger partial charge on any atom is 0.127 e. The first-order valence-corrected chi connectivity index (χ1v) is 8.51. The van der Waals surface area contributed by atoms with Gasteiger partial charge < -0.3 is 4.74 Å². The first-order chi connectivity index (χ1) is 10.8. The monoisotopic (exact) mass is 328 g/mol. The summed E-state index contributed by atoms with van der Waals surface area (Å²) in [6, 6.07) is 20.5. The fourth-order valence-electron chi connectivity index (χ4n) is 2.40. The fourth-order valence-corrected chi connectivity index (χ4v) is 3.66. The highest BCUT2D eigenvalue weighted by molar-refractivity contribution is 7.15. The number of halogens is 1. The lowest BCUT2D eigenvalue weighted by atomic mass is 10.1. The third kappa shape index (κ3) is 3.34. The molecule has 3 aromatic rings. The number of thiophene rings is 1. The SMILES string of the molecule is CCOc1ccccc1-c1ccc(Cc2ccccc2Cl)s1. The van der Waals surface area contributed by atoms with Gasteiger partial charge in [0.1, 0.15) is 5.75 Å². The van der Waals surface area contributed by atoms with Crippen molar-refractivity contribution in [1.82, 2.24) is 0 Å². The molecule has 0 saturated heterocycles. The molecule has 0 aliphatic carbocycles. The van der Waals surface area contributed by atoms with Crippen LogP contribution in [0.4, 0.5) is 0 Å². The van der Waals surface area contributed by atoms with Crippen LogP contribution < -0.4 is 4.74 Å². The molecular weight excluding hydrogens is 312 g/mol. The molecule has 2 aromatic carbocycles. The van der Waals surface area contributed by atoms with Crippen molar-refractivity contribution in [2.24, 2.45) is 0 Å². The molecule has 22 heavy (non-hydrogen) atoms. The summed E-state index contributed by atoms with van der Waals surface area (Å²) >= 11 is 8.04. The molecule has 1 nitrogen and oxygen atoms in total. The molecule has 1 heterocycles. The zero-order valence-corrected chi connectivity index (χ0v) is 14.0. The van der Waals surface area contributed by atoms with Crippen LogP contribution in [0.1, 0.15) is 17.4 Å². The van der Waals surface area contributed by atoms with E-state index in [1.807, 2.05) is 43.3 Å². The van der Waals surface area contributed by atoms with Crippen molar-refractivity contribution in [1.29, 1.82) is 0 Å². The highest BCUT2D eigenvalue weighted by atomic mass is 35.5. The van der Waals surface area contributed by atoms with Gasteiger partial charge in [0.15, 0.2) is 0 Å². The third-order valence-corrected chi connectivity index (χ3v) is 4.92. The normalized spacial score (nSPS) is 10.6. The maximum atomic E-state index is 6.25. The van der Waals surface area contributed by atoms with Crippen molar-refractivity contribution < 1.29 is 4.74 Å². The highest BCUT2D eigenvalue weighted by Gasteiger charge is 2.09. The van der Waals surface area contributed by atoms with Gasteiger partial charge >= 0.3 is 0 Å². The summed E-state index contributed by atoms with van der Waals surface area (Å²) in [5.41, 5.74) is 2.32. The topological polar surface area (TPSA) is 9.23 Å². The molecule has 0 unspecified atom stereocenters. The van der Waals surface area contributed by atoms with E-state index in [9.17, 15) is 0 Å². The van der Waals surface area contributed by atoms with Crippen LogP contribution in [0.5, 0.6) is 5.75 Å². The van der Waals surface area contributed by atoms with Crippen molar-refractivity contribution >= 4 is 22.9 Å². The largest absolute Gasteiger partial charge is 0.493 e. The quantitative estimate of drug-likeness (QED) is 0.553. The van der Waals surface area contributed by atoms with Crippen molar-refractivity contribution in [2.45, 2.75) is 13.3 Å². The van der Waals surface area contributed by atoms with Crippen LogP contribution in [0.3, 0.4) is 0 Å². The van der Waals surface area contributed by atoms with Crippen LogP contribution >= 0.6 is 22.9 Å². The molecule has 0 saturated carbocycles. The lowest BCUT2D eigenvalue weighted by Crippen LogP contribution is -1.92. The Morgan fingerprint density at radius 3 is 2.55 bits per heavy atom. The number of rotatable bonds is 5. The van der Waals surface area contributed by atoms with Crippen molar-refractivity contribution in [3.05, 3.63) is 76.1 Å². The first kappa shape index (κ1) is 15.1. The maximum absolute atomic E-state index is 6.25. The van der Waals surface area contributed by atoms with E-state index in [0.717, 1.165) is 28.3 Å². The van der Waals surface area contributed by atoms with Gasteiger partial charge in [-0.2, -0.15) is 0 Å². The Bertz CT molecular complexity index is 763. The highest BCUT2D eigenvalue weighted by Crippen LogP contribution is 2.36. The van der Waals surface area contributed by atoms with E-state index in [1.54, 1.807) is 11.3 Å². The van der Waals surface area contributed by atoms with E-state index in [-0.39, 0.29) is 0 Å². The standard InChI is InChI=1S/C19H17ClOS/c1-2-21-18-10-6-4-8-16(18)19-12-11-15(22-19)13-14-7-3-5-9-17(14)20/h3-12H,2,13H2,1H3. The summed E-state index contributed by atoms with van der Waals surface area (Å²) in [5, 5.41) is 0.826. The van der Waals surface area contributed by atoms with Crippen LogP contribution in [0.25, 0.3) is 10.4 Å². The van der Waals surface area contributed by atoms with Gasteiger partial charge in [-0.1, -0.05) is 41.9 Å². The van der Waals surface area contributed by atoms with E-state index in [4.69, 9.17) is 16.3 Å². The summed E-state index contributed by atoms with van der Waals surface area (Å²) < 4.78 is 5.72. The minimum Gasteiger partial charge on any atom is -0.493 e. The van der Waals surface area contributed by atoms with E-state index in [0.29, 0.717) is 6.61 Å². The minimum atomic E-state index is 0.675. The zero-order chi connectivity index (χ0) is 15.4. The molecule has 1 aromatic heterocycles. The molecule has 0 spiro atoms. The van der Waals surface area contributed by atoms with Gasteiger partial charge in [-0.05, 0) is 42.8 Å². The van der Waals surface area contributed by atoms with Crippen LogP contribution in [0, 0.1) is 0 Å². The van der Waals surface area contributed by atoms with E-state index >= 15 is 0 Å². The second kappa shape index (κ2) is 6.99. The third-order valence-electron chi connectivity index (χ3n) is 3.44. The summed E-state index contributed by atoms with van der Waals surface area (Å²) in [7, 11) is 0. The van der Waals surface area contributed by atoms with E-state index in [1.165, 1.54) is 9.75 Å². The van der Waals surface area contributed by atoms with Gasteiger partial charge in [-0.3, -0.25) is 0 Å². The second-order valence-electron chi connectivity index (χ2n) is 4.96. The van der Waals surface area contributed by atoms with E-state index in [2.05, 4.69) is 24.3 Å². The smallest absolute Gasteiger partial charge is 0.127 e. The molecule has 0 bridgehead atoms. The Morgan fingerprint density at radius 1 is 0.955 bits per heavy atom. The molecule has 3 rings (SSSR count). The van der Waals surface area contributed by atoms with Crippen molar-refractivity contribution in [2.75, 3.05) is 6.61 Å². The fraction of sp³-hybridized carbons (Fsp3) is 0.158. The predicted molar refractivity (Wildman–Crippen MR) is 95.2 cm³/mol. The number of ether oxygens (including phenoxy) is 1. The second-order valence-corrected chi connectivity index (χ2v) is 6.54. The molecular formula is C19H17ClOS. The van der Waals surface area contributed by atoms with Gasteiger partial charge in [0, 0.05) is 26.8 Å². The van der Waals surface area contributed by atoms with Gasteiger partial charge in [-0.25, -0.2) is 0 Å². The molecule has 0 fully saturated rings. The molecule has 0 amide bonds. The Labute approximate surface area is 140 Å².